The van der Waals surface area contributed by atoms with E-state index in [9.17, 15) is 4.79 Å². The van der Waals surface area contributed by atoms with E-state index in [-0.39, 0.29) is 5.56 Å². The molecule has 4 nitrogen and oxygen atoms in total. The Balaban J connectivity index is 3.02. The summed E-state index contributed by atoms with van der Waals surface area (Å²) in [5, 5.41) is 2.77. The van der Waals surface area contributed by atoms with Crippen LogP contribution in [0, 0.1) is 0 Å². The Morgan fingerprint density at radius 2 is 2.56 bits per heavy atom. The van der Waals surface area contributed by atoms with Crippen molar-refractivity contribution in [3.63, 3.8) is 0 Å². The van der Waals surface area contributed by atoms with Crippen molar-refractivity contribution in [2.24, 2.45) is 0 Å². The summed E-state index contributed by atoms with van der Waals surface area (Å²) in [7, 11) is 1.74. The van der Waals surface area contributed by atoms with Gasteiger partial charge in [0.25, 0.3) is 5.56 Å². The largest absolute Gasteiger partial charge is 0.372 e. The number of aromatic nitrogens is 2. The lowest BCUT2D eigenvalue weighted by Gasteiger charge is -1.92. The number of aromatic amines is 1. The van der Waals surface area contributed by atoms with Gasteiger partial charge in [-0.3, -0.25) is 4.79 Å². The second kappa shape index (κ2) is 2.30. The molecule has 0 spiro atoms. The molecule has 0 aliphatic heterocycles. The van der Waals surface area contributed by atoms with Crippen molar-refractivity contribution in [2.45, 2.75) is 0 Å². The number of H-pyrrole nitrogens is 1. The van der Waals surface area contributed by atoms with Crippen LogP contribution in [0.5, 0.6) is 0 Å². The van der Waals surface area contributed by atoms with Crippen LogP contribution in [0.4, 0.5) is 5.82 Å². The fourth-order valence-corrected chi connectivity index (χ4v) is 0.479. The Bertz CT molecular complexity index is 222. The third-order valence-corrected chi connectivity index (χ3v) is 0.928. The van der Waals surface area contributed by atoms with Crippen LogP contribution in [0.15, 0.2) is 17.2 Å². The number of anilines is 1. The Hall–Kier alpha value is -1.32. The summed E-state index contributed by atoms with van der Waals surface area (Å²) in [4.78, 5) is 16.6. The second-order valence-electron chi connectivity index (χ2n) is 1.55. The smallest absolute Gasteiger partial charge is 0.266 e. The van der Waals surface area contributed by atoms with E-state index >= 15 is 0 Å². The van der Waals surface area contributed by atoms with Gasteiger partial charge in [0.15, 0.2) is 0 Å². The van der Waals surface area contributed by atoms with Crippen LogP contribution < -0.4 is 10.9 Å². The molecule has 0 aromatic carbocycles. The summed E-state index contributed by atoms with van der Waals surface area (Å²) in [6, 6.07) is 0. The first-order chi connectivity index (χ1) is 4.33. The highest BCUT2D eigenvalue weighted by Gasteiger charge is 1.84. The number of rotatable bonds is 1. The first-order valence-corrected chi connectivity index (χ1v) is 2.55. The molecule has 0 saturated carbocycles. The normalized spacial score (nSPS) is 9.00. The molecule has 4 heteroatoms. The van der Waals surface area contributed by atoms with E-state index in [2.05, 4.69) is 15.3 Å². The quantitative estimate of drug-likeness (QED) is 0.547. The van der Waals surface area contributed by atoms with Crippen molar-refractivity contribution in [3.8, 4) is 0 Å². The van der Waals surface area contributed by atoms with Gasteiger partial charge >= 0.3 is 0 Å². The van der Waals surface area contributed by atoms with Crippen LogP contribution in [0.25, 0.3) is 0 Å². The van der Waals surface area contributed by atoms with E-state index in [1.54, 1.807) is 7.05 Å². The Labute approximate surface area is 51.9 Å². The third kappa shape index (κ3) is 1.28. The molecule has 1 aromatic heterocycles. The maximum atomic E-state index is 10.4. The average molecular weight is 125 g/mol. The first kappa shape index (κ1) is 5.81. The number of nitrogens with zero attached hydrogens (tertiary/aromatic N) is 1. The standard InChI is InChI=1S/C5H7N3O/c1-6-4-2-8-5(9)3-7-4/h2-3H,1H3,(H,6,7)(H,8,9). The minimum atomic E-state index is -0.186. The van der Waals surface area contributed by atoms with Crippen LogP contribution in [-0.4, -0.2) is 17.0 Å². The number of hydrogen-bond acceptors (Lipinski definition) is 3. The van der Waals surface area contributed by atoms with Gasteiger partial charge in [0.1, 0.15) is 5.82 Å². The van der Waals surface area contributed by atoms with E-state index < -0.39 is 0 Å². The van der Waals surface area contributed by atoms with E-state index in [4.69, 9.17) is 0 Å². The Morgan fingerprint density at radius 1 is 1.78 bits per heavy atom. The zero-order valence-electron chi connectivity index (χ0n) is 5.01. The molecule has 1 heterocycles. The van der Waals surface area contributed by atoms with Crippen molar-refractivity contribution in [1.29, 1.82) is 0 Å². The molecule has 0 unspecified atom stereocenters. The molecule has 1 aromatic rings. The molecule has 2 N–H and O–H groups in total. The van der Waals surface area contributed by atoms with Crippen molar-refractivity contribution >= 4 is 5.82 Å². The predicted molar refractivity (Wildman–Crippen MR) is 34.4 cm³/mol. The topological polar surface area (TPSA) is 57.8 Å². The van der Waals surface area contributed by atoms with Gasteiger partial charge in [0, 0.05) is 13.2 Å². The highest BCUT2D eigenvalue weighted by molar-refractivity contribution is 5.27. The molecule has 0 radical (unpaired) electrons. The van der Waals surface area contributed by atoms with Gasteiger partial charge in [-0.2, -0.15) is 0 Å². The van der Waals surface area contributed by atoms with E-state index in [0.29, 0.717) is 5.82 Å². The highest BCUT2D eigenvalue weighted by atomic mass is 16.1. The Morgan fingerprint density at radius 3 is 3.00 bits per heavy atom. The summed E-state index contributed by atoms with van der Waals surface area (Å²) in [5.41, 5.74) is -0.186. The molecule has 0 amide bonds. The molecule has 0 atom stereocenters. The second-order valence-corrected chi connectivity index (χ2v) is 1.55. The van der Waals surface area contributed by atoms with Crippen LogP contribution in [-0.2, 0) is 0 Å². The average Bonchev–Trinajstić information content (AvgIpc) is 1.90. The first-order valence-electron chi connectivity index (χ1n) is 2.55. The molecule has 0 saturated heterocycles. The monoisotopic (exact) mass is 125 g/mol. The van der Waals surface area contributed by atoms with Crippen LogP contribution in [0.2, 0.25) is 0 Å². The lowest BCUT2D eigenvalue weighted by atomic mass is 10.7. The van der Waals surface area contributed by atoms with Crippen LogP contribution >= 0.6 is 0 Å². The van der Waals surface area contributed by atoms with Crippen LogP contribution in [0.1, 0.15) is 0 Å². The van der Waals surface area contributed by atoms with Crippen molar-refractivity contribution in [2.75, 3.05) is 12.4 Å². The highest BCUT2D eigenvalue weighted by Crippen LogP contribution is 1.89. The maximum Gasteiger partial charge on any atom is 0.266 e. The van der Waals surface area contributed by atoms with Gasteiger partial charge in [-0.1, -0.05) is 0 Å². The number of hydrogen-bond donors (Lipinski definition) is 2. The lowest BCUT2D eigenvalue weighted by Crippen LogP contribution is -2.05. The molecule has 9 heavy (non-hydrogen) atoms. The zero-order valence-corrected chi connectivity index (χ0v) is 5.01. The molecule has 0 aliphatic carbocycles. The van der Waals surface area contributed by atoms with E-state index in [1.165, 1.54) is 12.4 Å². The molecule has 0 fully saturated rings. The summed E-state index contributed by atoms with van der Waals surface area (Å²) in [6.45, 7) is 0. The fourth-order valence-electron chi connectivity index (χ4n) is 0.479. The molecule has 0 aliphatic rings. The molecule has 1 rings (SSSR count). The molecule has 0 bridgehead atoms. The van der Waals surface area contributed by atoms with Gasteiger partial charge in [-0.05, 0) is 0 Å². The van der Waals surface area contributed by atoms with Gasteiger partial charge < -0.3 is 10.3 Å². The van der Waals surface area contributed by atoms with Crippen LogP contribution in [0.3, 0.4) is 0 Å². The molecular formula is C5H7N3O. The molecular weight excluding hydrogens is 118 g/mol. The van der Waals surface area contributed by atoms with Gasteiger partial charge in [-0.15, -0.1) is 0 Å². The minimum absolute atomic E-state index is 0.186. The minimum Gasteiger partial charge on any atom is -0.372 e. The molecule has 48 valence electrons. The van der Waals surface area contributed by atoms with Gasteiger partial charge in [0.05, 0.1) is 6.20 Å². The van der Waals surface area contributed by atoms with Crippen molar-refractivity contribution < 1.29 is 0 Å². The summed E-state index contributed by atoms with van der Waals surface area (Å²) < 4.78 is 0. The van der Waals surface area contributed by atoms with E-state index in [0.717, 1.165) is 0 Å². The van der Waals surface area contributed by atoms with Gasteiger partial charge in [-0.25, -0.2) is 4.98 Å². The SMILES string of the molecule is CNc1c[nH]c(=O)cn1. The van der Waals surface area contributed by atoms with E-state index in [1.807, 2.05) is 0 Å². The Kier molecular flexibility index (Phi) is 1.48. The maximum absolute atomic E-state index is 10.4. The van der Waals surface area contributed by atoms with Gasteiger partial charge in [0.2, 0.25) is 0 Å². The van der Waals surface area contributed by atoms with Crippen molar-refractivity contribution in [3.05, 3.63) is 22.7 Å². The zero-order chi connectivity index (χ0) is 6.69. The lowest BCUT2D eigenvalue weighted by molar-refractivity contribution is 1.13. The summed E-state index contributed by atoms with van der Waals surface area (Å²) >= 11 is 0. The fraction of sp³-hybridized carbons (Fsp3) is 0.200. The number of nitrogens with one attached hydrogen (secondary N) is 2. The van der Waals surface area contributed by atoms with Crippen molar-refractivity contribution in [1.82, 2.24) is 9.97 Å². The summed E-state index contributed by atoms with van der Waals surface area (Å²) in [5.74, 6) is 0.662. The third-order valence-electron chi connectivity index (χ3n) is 0.928. The predicted octanol–water partition coefficient (Wildman–Crippen LogP) is -0.188. The summed E-state index contributed by atoms with van der Waals surface area (Å²) in [6.07, 6.45) is 2.74.